The van der Waals surface area contributed by atoms with Crippen LogP contribution in [0.25, 0.3) is 0 Å². The smallest absolute Gasteiger partial charge is 0.220 e. The van der Waals surface area contributed by atoms with E-state index in [2.05, 4.69) is 12.2 Å². The molecule has 132 valence electrons. The fraction of sp³-hybridized carbons (Fsp3) is 0.938. The first-order valence-corrected chi connectivity index (χ1v) is 8.32. The average Bonchev–Trinajstić information content (AvgIpc) is 2.52. The summed E-state index contributed by atoms with van der Waals surface area (Å²) in [6.07, 6.45) is 6.32. The zero-order chi connectivity index (χ0) is 16.8. The molecule has 0 bridgehead atoms. The molecular formula is C16H33NO5. The predicted molar refractivity (Wildman–Crippen MR) is 85.5 cm³/mol. The van der Waals surface area contributed by atoms with Gasteiger partial charge in [0.2, 0.25) is 5.91 Å². The molecule has 22 heavy (non-hydrogen) atoms. The van der Waals surface area contributed by atoms with E-state index in [0.717, 1.165) is 19.3 Å². The number of rotatable bonds is 14. The summed E-state index contributed by atoms with van der Waals surface area (Å²) in [6.45, 7) is 1.41. The van der Waals surface area contributed by atoms with Crippen molar-refractivity contribution in [3.63, 3.8) is 0 Å². The van der Waals surface area contributed by atoms with Crippen LogP contribution in [0.5, 0.6) is 0 Å². The standard InChI is InChI=1S/C16H33NO5/c1-3-4-5-6-7-8-9-10-15(20)17-13(11-18)16(21)14(12-19)22-2/h13-14,16,18-19,21H,3-12H2,1-2H3,(H,17,20)/t13-,14?,16+/m1/s1. The molecule has 6 nitrogen and oxygen atoms in total. The normalized spacial score (nSPS) is 15.3. The number of aliphatic hydroxyl groups is 3. The monoisotopic (exact) mass is 319 g/mol. The van der Waals surface area contributed by atoms with Crippen molar-refractivity contribution in [2.24, 2.45) is 0 Å². The van der Waals surface area contributed by atoms with Gasteiger partial charge in [0.1, 0.15) is 12.2 Å². The van der Waals surface area contributed by atoms with Gasteiger partial charge in [0.25, 0.3) is 0 Å². The summed E-state index contributed by atoms with van der Waals surface area (Å²) < 4.78 is 4.91. The summed E-state index contributed by atoms with van der Waals surface area (Å²) in [5.41, 5.74) is 0. The Morgan fingerprint density at radius 2 is 1.64 bits per heavy atom. The van der Waals surface area contributed by atoms with Gasteiger partial charge >= 0.3 is 0 Å². The van der Waals surface area contributed by atoms with Gasteiger partial charge in [0, 0.05) is 13.5 Å². The second kappa shape index (κ2) is 13.9. The molecule has 6 heteroatoms. The quantitative estimate of drug-likeness (QED) is 0.358. The maximum absolute atomic E-state index is 11.8. The molecule has 0 aliphatic heterocycles. The fourth-order valence-corrected chi connectivity index (χ4v) is 2.34. The highest BCUT2D eigenvalue weighted by molar-refractivity contribution is 5.76. The minimum atomic E-state index is -1.14. The van der Waals surface area contributed by atoms with Crippen molar-refractivity contribution in [1.82, 2.24) is 5.32 Å². The van der Waals surface area contributed by atoms with Crippen LogP contribution in [0.4, 0.5) is 0 Å². The fourth-order valence-electron chi connectivity index (χ4n) is 2.34. The number of unbranched alkanes of at least 4 members (excludes halogenated alkanes) is 6. The number of methoxy groups -OCH3 is 1. The van der Waals surface area contributed by atoms with E-state index in [0.29, 0.717) is 6.42 Å². The summed E-state index contributed by atoms with van der Waals surface area (Å²) in [6, 6.07) is -0.825. The van der Waals surface area contributed by atoms with E-state index in [4.69, 9.17) is 9.84 Å². The van der Waals surface area contributed by atoms with Gasteiger partial charge in [-0.3, -0.25) is 4.79 Å². The predicted octanol–water partition coefficient (Wildman–Crippen LogP) is 0.972. The zero-order valence-corrected chi connectivity index (χ0v) is 14.0. The second-order valence-corrected chi connectivity index (χ2v) is 5.68. The van der Waals surface area contributed by atoms with Crippen molar-refractivity contribution in [1.29, 1.82) is 0 Å². The van der Waals surface area contributed by atoms with Crippen LogP contribution < -0.4 is 5.32 Å². The molecular weight excluding hydrogens is 286 g/mol. The molecule has 0 fully saturated rings. The van der Waals surface area contributed by atoms with Gasteiger partial charge in [-0.15, -0.1) is 0 Å². The van der Waals surface area contributed by atoms with Crippen molar-refractivity contribution in [3.05, 3.63) is 0 Å². The molecule has 0 rings (SSSR count). The highest BCUT2D eigenvalue weighted by atomic mass is 16.5. The first-order chi connectivity index (χ1) is 10.6. The Kier molecular flexibility index (Phi) is 13.5. The maximum atomic E-state index is 11.8. The third kappa shape index (κ3) is 9.35. The minimum Gasteiger partial charge on any atom is -0.394 e. The van der Waals surface area contributed by atoms with Crippen LogP contribution in [0.3, 0.4) is 0 Å². The molecule has 0 spiro atoms. The summed E-state index contributed by atoms with van der Waals surface area (Å²) in [5.74, 6) is -0.195. The molecule has 0 aromatic carbocycles. The number of nitrogens with one attached hydrogen (secondary N) is 1. The number of carbonyl (C=O) groups excluding carboxylic acids is 1. The lowest BCUT2D eigenvalue weighted by atomic mass is 10.1. The summed E-state index contributed by atoms with van der Waals surface area (Å²) >= 11 is 0. The zero-order valence-electron chi connectivity index (χ0n) is 14.0. The Balaban J connectivity index is 3.91. The van der Waals surface area contributed by atoms with E-state index in [1.54, 1.807) is 0 Å². The number of aliphatic hydroxyl groups excluding tert-OH is 3. The molecule has 0 aliphatic rings. The number of hydrogen-bond acceptors (Lipinski definition) is 5. The van der Waals surface area contributed by atoms with Crippen LogP contribution in [0, 0.1) is 0 Å². The maximum Gasteiger partial charge on any atom is 0.220 e. The van der Waals surface area contributed by atoms with Gasteiger partial charge in [-0.25, -0.2) is 0 Å². The minimum absolute atomic E-state index is 0.195. The molecule has 4 N–H and O–H groups in total. The third-order valence-corrected chi connectivity index (χ3v) is 3.83. The number of hydrogen-bond donors (Lipinski definition) is 4. The molecule has 0 aromatic rings. The van der Waals surface area contributed by atoms with Gasteiger partial charge in [-0.2, -0.15) is 0 Å². The highest BCUT2D eigenvalue weighted by Gasteiger charge is 2.28. The van der Waals surface area contributed by atoms with Crippen molar-refractivity contribution in [3.8, 4) is 0 Å². The number of carbonyl (C=O) groups is 1. The van der Waals surface area contributed by atoms with Crippen LogP contribution in [-0.2, 0) is 9.53 Å². The molecule has 3 atom stereocenters. The van der Waals surface area contributed by atoms with E-state index in [9.17, 15) is 15.0 Å². The summed E-state index contributed by atoms with van der Waals surface area (Å²) in [7, 11) is 1.36. The van der Waals surface area contributed by atoms with Crippen molar-refractivity contribution >= 4 is 5.91 Å². The first kappa shape index (κ1) is 21.3. The van der Waals surface area contributed by atoms with Gasteiger partial charge < -0.3 is 25.4 Å². The lowest BCUT2D eigenvalue weighted by molar-refractivity contribution is -0.125. The van der Waals surface area contributed by atoms with Gasteiger partial charge in [0.05, 0.1) is 19.3 Å². The third-order valence-electron chi connectivity index (χ3n) is 3.83. The average molecular weight is 319 g/mol. The summed E-state index contributed by atoms with van der Waals surface area (Å²) in [5, 5.41) is 30.9. The lowest BCUT2D eigenvalue weighted by Gasteiger charge is -2.27. The van der Waals surface area contributed by atoms with E-state index >= 15 is 0 Å². The molecule has 0 aliphatic carbocycles. The van der Waals surface area contributed by atoms with Crippen LogP contribution in [0.15, 0.2) is 0 Å². The molecule has 1 unspecified atom stereocenters. The van der Waals surface area contributed by atoms with Gasteiger partial charge in [-0.05, 0) is 6.42 Å². The molecule has 0 saturated heterocycles. The van der Waals surface area contributed by atoms with Gasteiger partial charge in [-0.1, -0.05) is 45.4 Å². The van der Waals surface area contributed by atoms with E-state index in [-0.39, 0.29) is 12.5 Å². The Labute approximate surface area is 133 Å². The SMILES string of the molecule is CCCCCCCCCC(=O)N[C@H](CO)[C@H](O)C(CO)OC. The Hall–Kier alpha value is -0.690. The van der Waals surface area contributed by atoms with Crippen LogP contribution >= 0.6 is 0 Å². The molecule has 0 heterocycles. The lowest BCUT2D eigenvalue weighted by Crippen LogP contribution is -2.52. The van der Waals surface area contributed by atoms with E-state index in [1.165, 1.54) is 32.8 Å². The topological polar surface area (TPSA) is 99.0 Å². The molecule has 1 amide bonds. The van der Waals surface area contributed by atoms with Crippen molar-refractivity contribution in [2.45, 2.75) is 76.5 Å². The largest absolute Gasteiger partial charge is 0.394 e. The summed E-state index contributed by atoms with van der Waals surface area (Å²) in [4.78, 5) is 11.8. The molecule has 0 saturated carbocycles. The Bertz CT molecular complexity index is 271. The highest BCUT2D eigenvalue weighted by Crippen LogP contribution is 2.09. The number of ether oxygens (including phenoxy) is 1. The first-order valence-electron chi connectivity index (χ1n) is 8.32. The van der Waals surface area contributed by atoms with Crippen LogP contribution in [0.1, 0.15) is 58.3 Å². The van der Waals surface area contributed by atoms with Gasteiger partial charge in [0.15, 0.2) is 0 Å². The molecule has 0 radical (unpaired) electrons. The van der Waals surface area contributed by atoms with Crippen LogP contribution in [-0.4, -0.2) is 59.8 Å². The Morgan fingerprint density at radius 3 is 2.14 bits per heavy atom. The van der Waals surface area contributed by atoms with Crippen molar-refractivity contribution < 1.29 is 24.9 Å². The van der Waals surface area contributed by atoms with Crippen molar-refractivity contribution in [2.75, 3.05) is 20.3 Å². The van der Waals surface area contributed by atoms with Crippen LogP contribution in [0.2, 0.25) is 0 Å². The van der Waals surface area contributed by atoms with E-state index in [1.807, 2.05) is 0 Å². The Morgan fingerprint density at radius 1 is 1.05 bits per heavy atom. The van der Waals surface area contributed by atoms with E-state index < -0.39 is 24.9 Å². The number of amides is 1. The molecule has 0 aromatic heterocycles. The second-order valence-electron chi connectivity index (χ2n) is 5.68.